The van der Waals surface area contributed by atoms with E-state index >= 15 is 0 Å². The Morgan fingerprint density at radius 3 is 2.81 bits per heavy atom. The second-order valence-electron chi connectivity index (χ2n) is 3.90. The highest BCUT2D eigenvalue weighted by Crippen LogP contribution is 2.19. The van der Waals surface area contributed by atoms with Gasteiger partial charge in [-0.2, -0.15) is 4.37 Å². The normalized spacial score (nSPS) is 10.8. The molecule has 0 unspecified atom stereocenters. The fourth-order valence-electron chi connectivity index (χ4n) is 1.42. The molecule has 0 radical (unpaired) electrons. The maximum absolute atomic E-state index is 13.8. The molecule has 0 amide bonds. The first-order valence-corrected chi connectivity index (χ1v) is 7.99. The molecule has 110 valence electrons. The third-order valence-corrected chi connectivity index (χ3v) is 4.51. The Hall–Kier alpha value is -2.02. The second kappa shape index (κ2) is 6.17. The molecule has 0 aliphatic carbocycles. The van der Waals surface area contributed by atoms with Gasteiger partial charge in [0.05, 0.1) is 17.0 Å². The van der Waals surface area contributed by atoms with Crippen LogP contribution in [0.3, 0.4) is 0 Å². The molecule has 0 spiro atoms. The molecule has 0 saturated heterocycles. The minimum Gasteiger partial charge on any atom is -0.320 e. The molecule has 2 rings (SSSR count). The largest absolute Gasteiger partial charge is 0.320 e. The molecule has 0 aliphatic heterocycles. The summed E-state index contributed by atoms with van der Waals surface area (Å²) in [5.41, 5.74) is 5.29. The van der Waals surface area contributed by atoms with Crippen LogP contribution in [0.15, 0.2) is 23.1 Å². The third-order valence-electron chi connectivity index (χ3n) is 2.33. The van der Waals surface area contributed by atoms with Crippen molar-refractivity contribution < 1.29 is 12.8 Å². The lowest BCUT2D eigenvalue weighted by Crippen LogP contribution is -2.13. The van der Waals surface area contributed by atoms with E-state index in [4.69, 9.17) is 5.73 Å². The molecular formula is C12H11FN4O2S2. The Morgan fingerprint density at radius 1 is 1.48 bits per heavy atom. The molecule has 0 bridgehead atoms. The Kier molecular flexibility index (Phi) is 4.52. The number of benzene rings is 1. The lowest BCUT2D eigenvalue weighted by molar-refractivity contribution is 0.594. The fraction of sp³-hybridized carbons (Fsp3) is 0.167. The van der Waals surface area contributed by atoms with Crippen LogP contribution < -0.4 is 10.5 Å². The first-order chi connectivity index (χ1) is 9.92. The van der Waals surface area contributed by atoms with Crippen LogP contribution in [0.25, 0.3) is 0 Å². The third kappa shape index (κ3) is 3.75. The van der Waals surface area contributed by atoms with E-state index in [1.54, 1.807) is 6.92 Å². The van der Waals surface area contributed by atoms with Crippen molar-refractivity contribution in [2.75, 3.05) is 11.3 Å². The predicted octanol–water partition coefficient (Wildman–Crippen LogP) is 1.10. The average molecular weight is 326 g/mol. The van der Waals surface area contributed by atoms with Gasteiger partial charge in [0.1, 0.15) is 11.6 Å². The number of sulfonamides is 1. The van der Waals surface area contributed by atoms with Crippen molar-refractivity contribution in [3.05, 3.63) is 35.4 Å². The monoisotopic (exact) mass is 326 g/mol. The molecule has 1 aromatic heterocycles. The number of aryl methyl sites for hydroxylation is 1. The number of hydrogen-bond donors (Lipinski definition) is 2. The van der Waals surface area contributed by atoms with Gasteiger partial charge in [0.15, 0.2) is 0 Å². The van der Waals surface area contributed by atoms with Crippen molar-refractivity contribution in [3.8, 4) is 11.8 Å². The number of aromatic nitrogens is 2. The zero-order valence-corrected chi connectivity index (χ0v) is 12.6. The minimum absolute atomic E-state index is 0.0890. The zero-order chi connectivity index (χ0) is 15.5. The summed E-state index contributed by atoms with van der Waals surface area (Å²) >= 11 is 0.908. The van der Waals surface area contributed by atoms with Crippen LogP contribution in [0.5, 0.6) is 0 Å². The summed E-state index contributed by atoms with van der Waals surface area (Å²) in [5, 5.41) is 0.125. The van der Waals surface area contributed by atoms with Gasteiger partial charge in [0.25, 0.3) is 10.0 Å². The summed E-state index contributed by atoms with van der Waals surface area (Å²) in [7, 11) is -3.91. The van der Waals surface area contributed by atoms with E-state index in [0.717, 1.165) is 17.6 Å². The van der Waals surface area contributed by atoms with Gasteiger partial charge in [-0.05, 0) is 25.1 Å². The Bertz CT molecular complexity index is 821. The van der Waals surface area contributed by atoms with Crippen LogP contribution in [0.1, 0.15) is 11.4 Å². The summed E-state index contributed by atoms with van der Waals surface area (Å²) in [6.45, 7) is 1.73. The maximum atomic E-state index is 13.8. The number of nitrogens with zero attached hydrogens (tertiary/aromatic N) is 2. The lowest BCUT2D eigenvalue weighted by Gasteiger charge is -2.05. The Morgan fingerprint density at radius 2 is 2.24 bits per heavy atom. The van der Waals surface area contributed by atoms with Gasteiger partial charge in [-0.3, -0.25) is 4.72 Å². The lowest BCUT2D eigenvalue weighted by atomic mass is 10.2. The molecule has 0 fully saturated rings. The van der Waals surface area contributed by atoms with E-state index < -0.39 is 15.8 Å². The van der Waals surface area contributed by atoms with Crippen molar-refractivity contribution in [1.29, 1.82) is 0 Å². The first kappa shape index (κ1) is 15.4. The Labute approximate surface area is 125 Å². The molecule has 6 nitrogen and oxygen atoms in total. The van der Waals surface area contributed by atoms with E-state index in [0.29, 0.717) is 5.82 Å². The summed E-state index contributed by atoms with van der Waals surface area (Å²) in [6.07, 6.45) is 0. The van der Waals surface area contributed by atoms with Gasteiger partial charge >= 0.3 is 0 Å². The minimum atomic E-state index is -3.91. The van der Waals surface area contributed by atoms with Crippen LogP contribution >= 0.6 is 11.5 Å². The highest BCUT2D eigenvalue weighted by molar-refractivity contribution is 7.93. The number of nitrogens with one attached hydrogen (secondary N) is 1. The molecular weight excluding hydrogens is 315 g/mol. The van der Waals surface area contributed by atoms with Crippen LogP contribution in [0.4, 0.5) is 9.52 Å². The van der Waals surface area contributed by atoms with Gasteiger partial charge in [0.2, 0.25) is 5.13 Å². The first-order valence-electron chi connectivity index (χ1n) is 5.74. The van der Waals surface area contributed by atoms with Crippen molar-refractivity contribution in [2.45, 2.75) is 11.8 Å². The van der Waals surface area contributed by atoms with Gasteiger partial charge in [0, 0.05) is 11.5 Å². The van der Waals surface area contributed by atoms with Gasteiger partial charge in [-0.25, -0.2) is 17.8 Å². The summed E-state index contributed by atoms with van der Waals surface area (Å²) in [4.78, 5) is 3.67. The van der Waals surface area contributed by atoms with Gasteiger partial charge in [-0.1, -0.05) is 11.8 Å². The summed E-state index contributed by atoms with van der Waals surface area (Å²) in [5.74, 6) is 4.75. The molecule has 3 N–H and O–H groups in total. The highest BCUT2D eigenvalue weighted by atomic mass is 32.2. The second-order valence-corrected chi connectivity index (χ2v) is 6.33. The van der Waals surface area contributed by atoms with Gasteiger partial charge < -0.3 is 5.73 Å². The van der Waals surface area contributed by atoms with E-state index in [1.807, 2.05) is 0 Å². The molecule has 1 heterocycles. The summed E-state index contributed by atoms with van der Waals surface area (Å²) < 4.78 is 44.1. The molecule has 0 saturated carbocycles. The quantitative estimate of drug-likeness (QED) is 0.823. The van der Waals surface area contributed by atoms with E-state index in [-0.39, 0.29) is 22.1 Å². The van der Waals surface area contributed by atoms with E-state index in [9.17, 15) is 12.8 Å². The van der Waals surface area contributed by atoms with E-state index in [1.165, 1.54) is 12.1 Å². The summed E-state index contributed by atoms with van der Waals surface area (Å²) in [6, 6.07) is 3.45. The molecule has 9 heteroatoms. The van der Waals surface area contributed by atoms with Crippen molar-refractivity contribution >= 4 is 26.7 Å². The van der Waals surface area contributed by atoms with Crippen LogP contribution in [0.2, 0.25) is 0 Å². The molecule has 1 aromatic carbocycles. The number of halogens is 1. The van der Waals surface area contributed by atoms with Crippen LogP contribution in [-0.2, 0) is 10.0 Å². The number of rotatable bonds is 3. The van der Waals surface area contributed by atoms with Crippen molar-refractivity contribution in [3.63, 3.8) is 0 Å². The highest BCUT2D eigenvalue weighted by Gasteiger charge is 2.18. The molecule has 2 aromatic rings. The van der Waals surface area contributed by atoms with Crippen molar-refractivity contribution in [1.82, 2.24) is 9.36 Å². The van der Waals surface area contributed by atoms with Gasteiger partial charge in [-0.15, -0.1) is 0 Å². The van der Waals surface area contributed by atoms with Crippen LogP contribution in [0, 0.1) is 24.6 Å². The number of hydrogen-bond acceptors (Lipinski definition) is 6. The predicted molar refractivity (Wildman–Crippen MR) is 77.8 cm³/mol. The smallest absolute Gasteiger partial charge is 0.263 e. The zero-order valence-electron chi connectivity index (χ0n) is 10.9. The molecule has 21 heavy (non-hydrogen) atoms. The van der Waals surface area contributed by atoms with E-state index in [2.05, 4.69) is 25.9 Å². The standard InChI is InChI=1S/C12H11FN4O2S2/c1-8-15-12(20-16-8)17-21(18,19)10-5-4-9(3-2-6-14)11(13)7-10/h4-5,7H,6,14H2,1H3,(H,15,16,17). The fourth-order valence-corrected chi connectivity index (χ4v) is 3.23. The molecule has 0 aliphatic rings. The number of nitrogens with two attached hydrogens (primary N) is 1. The average Bonchev–Trinajstić information content (AvgIpc) is 2.82. The van der Waals surface area contributed by atoms with Crippen molar-refractivity contribution in [2.24, 2.45) is 5.73 Å². The maximum Gasteiger partial charge on any atom is 0.263 e. The topological polar surface area (TPSA) is 98.0 Å². The number of anilines is 1. The van der Waals surface area contributed by atoms with Crippen LogP contribution in [-0.4, -0.2) is 24.3 Å². The SMILES string of the molecule is Cc1nsc(NS(=O)(=O)c2ccc(C#CCN)c(F)c2)n1. The Balaban J connectivity index is 2.30. The molecule has 0 atom stereocenters.